The highest BCUT2D eigenvalue weighted by molar-refractivity contribution is 5.95. The van der Waals surface area contributed by atoms with Crippen molar-refractivity contribution in [2.45, 2.75) is 57.7 Å². The van der Waals surface area contributed by atoms with Crippen molar-refractivity contribution in [2.24, 2.45) is 0 Å². The molecule has 0 N–H and O–H groups in total. The van der Waals surface area contributed by atoms with Gasteiger partial charge in [-0.3, -0.25) is 19.1 Å². The van der Waals surface area contributed by atoms with Gasteiger partial charge in [0, 0.05) is 51.0 Å². The maximum Gasteiger partial charge on any atom is 0.227 e. The molecule has 7 heteroatoms. The number of fused-ring (bicyclic) bond motifs is 1. The Morgan fingerprint density at radius 3 is 2.92 bits per heavy atom. The molecule has 0 bridgehead atoms. The molecule has 2 aromatic rings. The highest BCUT2D eigenvalue weighted by Gasteiger charge is 2.28. The van der Waals surface area contributed by atoms with E-state index in [-0.39, 0.29) is 5.91 Å². The molecule has 2 aromatic heterocycles. The summed E-state index contributed by atoms with van der Waals surface area (Å²) in [6, 6.07) is 2.68. The smallest absolute Gasteiger partial charge is 0.227 e. The number of likely N-dealkylation sites (tertiary alicyclic amines) is 1. The summed E-state index contributed by atoms with van der Waals surface area (Å²) >= 11 is 0. The molecule has 0 saturated carbocycles. The third kappa shape index (κ3) is 2.94. The molecule has 1 atom stereocenters. The Labute approximate surface area is 153 Å². The van der Waals surface area contributed by atoms with Crippen molar-refractivity contribution in [1.82, 2.24) is 24.5 Å². The van der Waals surface area contributed by atoms with Crippen LogP contribution in [0.4, 0.5) is 5.69 Å². The van der Waals surface area contributed by atoms with Crippen LogP contribution in [0.15, 0.2) is 18.5 Å². The summed E-state index contributed by atoms with van der Waals surface area (Å²) in [5.41, 5.74) is 3.55. The Bertz CT molecular complexity index is 785. The van der Waals surface area contributed by atoms with Crippen LogP contribution >= 0.6 is 0 Å². The lowest BCUT2D eigenvalue weighted by molar-refractivity contribution is -0.117. The Kier molecular flexibility index (Phi) is 4.04. The zero-order valence-electron chi connectivity index (χ0n) is 15.2. The third-order valence-corrected chi connectivity index (χ3v) is 5.95. The van der Waals surface area contributed by atoms with Crippen molar-refractivity contribution < 1.29 is 4.79 Å². The quantitative estimate of drug-likeness (QED) is 0.842. The zero-order chi connectivity index (χ0) is 17.5. The van der Waals surface area contributed by atoms with E-state index in [0.717, 1.165) is 51.3 Å². The number of hydrogen-bond acceptors (Lipinski definition) is 4. The van der Waals surface area contributed by atoms with Crippen molar-refractivity contribution in [3.05, 3.63) is 29.8 Å². The van der Waals surface area contributed by atoms with Crippen LogP contribution in [0.3, 0.4) is 0 Å². The molecule has 5 heterocycles. The predicted octanol–water partition coefficient (Wildman–Crippen LogP) is 1.99. The molecule has 3 aliphatic rings. The van der Waals surface area contributed by atoms with Gasteiger partial charge in [-0.25, -0.2) is 0 Å². The molecule has 0 spiro atoms. The van der Waals surface area contributed by atoms with Gasteiger partial charge in [0.25, 0.3) is 0 Å². The van der Waals surface area contributed by atoms with E-state index in [0.29, 0.717) is 12.5 Å². The largest absolute Gasteiger partial charge is 0.309 e. The van der Waals surface area contributed by atoms with Gasteiger partial charge >= 0.3 is 0 Å². The van der Waals surface area contributed by atoms with Crippen molar-refractivity contribution in [3.63, 3.8) is 0 Å². The first-order valence-corrected chi connectivity index (χ1v) is 9.89. The normalized spacial score (nSPS) is 23.8. The minimum atomic E-state index is 0.223. The maximum atomic E-state index is 11.9. The van der Waals surface area contributed by atoms with Crippen molar-refractivity contribution in [1.29, 1.82) is 0 Å². The summed E-state index contributed by atoms with van der Waals surface area (Å²) in [6.07, 6.45) is 10.3. The van der Waals surface area contributed by atoms with Gasteiger partial charge < -0.3 is 4.90 Å². The topological polar surface area (TPSA) is 59.2 Å². The van der Waals surface area contributed by atoms with Crippen molar-refractivity contribution in [2.75, 3.05) is 24.5 Å². The number of aryl methyl sites for hydroxylation is 2. The molecule has 5 rings (SSSR count). The van der Waals surface area contributed by atoms with E-state index in [1.165, 1.54) is 30.7 Å². The first-order chi connectivity index (χ1) is 12.8. The molecule has 2 saturated heterocycles. The molecule has 0 aliphatic carbocycles. The van der Waals surface area contributed by atoms with Crippen LogP contribution in [0.25, 0.3) is 0 Å². The summed E-state index contributed by atoms with van der Waals surface area (Å²) in [6.45, 7) is 4.90. The first-order valence-electron chi connectivity index (χ1n) is 9.89. The lowest BCUT2D eigenvalue weighted by atomic mass is 10.1. The minimum Gasteiger partial charge on any atom is -0.309 e. The van der Waals surface area contributed by atoms with Crippen LogP contribution < -0.4 is 4.90 Å². The van der Waals surface area contributed by atoms with E-state index in [2.05, 4.69) is 25.4 Å². The number of carbonyl (C=O) groups excluding carboxylic acids is 1. The first kappa shape index (κ1) is 16.1. The van der Waals surface area contributed by atoms with Crippen LogP contribution in [0.1, 0.15) is 49.5 Å². The van der Waals surface area contributed by atoms with Crippen LogP contribution in [0.2, 0.25) is 0 Å². The monoisotopic (exact) mass is 354 g/mol. The Morgan fingerprint density at radius 2 is 2.08 bits per heavy atom. The standard InChI is InChI=1S/C19H26N6O/c26-19-5-3-7-23(19)18-11-20-25(14-18)17-6-9-22(13-17)12-15-10-16-4-1-2-8-24(16)21-15/h10-11,14,17H,1-9,12-13H2. The van der Waals surface area contributed by atoms with Gasteiger partial charge in [0.1, 0.15) is 0 Å². The van der Waals surface area contributed by atoms with Gasteiger partial charge in [-0.05, 0) is 38.2 Å². The van der Waals surface area contributed by atoms with Crippen LogP contribution in [0, 0.1) is 0 Å². The third-order valence-electron chi connectivity index (χ3n) is 5.95. The molecule has 7 nitrogen and oxygen atoms in total. The van der Waals surface area contributed by atoms with Crippen molar-refractivity contribution in [3.8, 4) is 0 Å². The van der Waals surface area contributed by atoms with Gasteiger partial charge in [-0.2, -0.15) is 10.2 Å². The predicted molar refractivity (Wildman–Crippen MR) is 97.9 cm³/mol. The summed E-state index contributed by atoms with van der Waals surface area (Å²) in [5.74, 6) is 0.223. The summed E-state index contributed by atoms with van der Waals surface area (Å²) in [7, 11) is 0. The molecular formula is C19H26N6O. The lowest BCUT2D eigenvalue weighted by Gasteiger charge is -2.15. The molecule has 0 radical (unpaired) electrons. The van der Waals surface area contributed by atoms with Crippen LogP contribution in [0.5, 0.6) is 0 Å². The van der Waals surface area contributed by atoms with Gasteiger partial charge in [-0.1, -0.05) is 0 Å². The second-order valence-electron chi connectivity index (χ2n) is 7.81. The maximum absolute atomic E-state index is 11.9. The van der Waals surface area contributed by atoms with E-state index in [1.807, 2.05) is 17.3 Å². The Hall–Kier alpha value is -2.15. The van der Waals surface area contributed by atoms with Crippen molar-refractivity contribution >= 4 is 11.6 Å². The van der Waals surface area contributed by atoms with Gasteiger partial charge in [-0.15, -0.1) is 0 Å². The highest BCUT2D eigenvalue weighted by Crippen LogP contribution is 2.27. The second-order valence-corrected chi connectivity index (χ2v) is 7.81. The van der Waals surface area contributed by atoms with E-state index in [4.69, 9.17) is 5.10 Å². The number of carbonyl (C=O) groups is 1. The van der Waals surface area contributed by atoms with E-state index in [1.54, 1.807) is 0 Å². The van der Waals surface area contributed by atoms with Gasteiger partial charge in [0.15, 0.2) is 0 Å². The summed E-state index contributed by atoms with van der Waals surface area (Å²) in [4.78, 5) is 16.3. The number of rotatable bonds is 4. The highest BCUT2D eigenvalue weighted by atomic mass is 16.2. The van der Waals surface area contributed by atoms with E-state index in [9.17, 15) is 4.79 Å². The fourth-order valence-electron chi connectivity index (χ4n) is 4.54. The van der Waals surface area contributed by atoms with Gasteiger partial charge in [0.2, 0.25) is 5.91 Å². The average Bonchev–Trinajstić information content (AvgIpc) is 3.40. The molecule has 138 valence electrons. The number of anilines is 1. The molecular weight excluding hydrogens is 328 g/mol. The molecule has 2 fully saturated rings. The summed E-state index contributed by atoms with van der Waals surface area (Å²) < 4.78 is 4.25. The fraction of sp³-hybridized carbons (Fsp3) is 0.632. The molecule has 1 amide bonds. The molecule has 1 unspecified atom stereocenters. The minimum absolute atomic E-state index is 0.223. The van der Waals surface area contributed by atoms with Crippen LogP contribution in [-0.4, -0.2) is 50.0 Å². The SMILES string of the molecule is O=C1CCCN1c1cnn(C2CCN(Cc3cc4n(n3)CCCC4)C2)c1. The average molecular weight is 354 g/mol. The molecule has 26 heavy (non-hydrogen) atoms. The number of nitrogens with zero attached hydrogens (tertiary/aromatic N) is 6. The molecule has 0 aromatic carbocycles. The second kappa shape index (κ2) is 6.54. The Morgan fingerprint density at radius 1 is 1.12 bits per heavy atom. The molecule has 3 aliphatic heterocycles. The fourth-order valence-corrected chi connectivity index (χ4v) is 4.54. The van der Waals surface area contributed by atoms with Crippen LogP contribution in [-0.2, 0) is 24.3 Å². The zero-order valence-corrected chi connectivity index (χ0v) is 15.2. The number of aromatic nitrogens is 4. The number of amides is 1. The van der Waals surface area contributed by atoms with E-state index < -0.39 is 0 Å². The number of hydrogen-bond donors (Lipinski definition) is 0. The lowest BCUT2D eigenvalue weighted by Crippen LogP contribution is -2.23. The van der Waals surface area contributed by atoms with Gasteiger partial charge in [0.05, 0.1) is 23.6 Å². The Balaban J connectivity index is 1.22. The van der Waals surface area contributed by atoms with E-state index >= 15 is 0 Å². The summed E-state index contributed by atoms with van der Waals surface area (Å²) in [5, 5.41) is 9.33.